The Hall–Kier alpha value is -1.98. The molecule has 0 aromatic heterocycles. The van der Waals surface area contributed by atoms with Gasteiger partial charge in [0.2, 0.25) is 0 Å². The van der Waals surface area contributed by atoms with Crippen LogP contribution in [-0.4, -0.2) is 34.7 Å². The number of carboxylic acid groups (broad SMARTS) is 1. The number of hydrogen-bond acceptors (Lipinski definition) is 5. The van der Waals surface area contributed by atoms with E-state index in [-0.39, 0.29) is 47.4 Å². The van der Waals surface area contributed by atoms with E-state index >= 15 is 0 Å². The third kappa shape index (κ3) is 8.69. The van der Waals surface area contributed by atoms with Crippen LogP contribution in [0.1, 0.15) is 157 Å². The van der Waals surface area contributed by atoms with Crippen LogP contribution >= 0.6 is 0 Å². The average Bonchev–Trinajstić information content (AvgIpc) is 3.33. The number of ether oxygens (including phenoxy) is 1. The maximum atomic E-state index is 13.9. The van der Waals surface area contributed by atoms with Crippen molar-refractivity contribution < 1.29 is 29.0 Å². The Kier molecular flexibility index (Phi) is 12.5. The van der Waals surface area contributed by atoms with E-state index in [2.05, 4.69) is 40.7 Å². The van der Waals surface area contributed by atoms with Crippen molar-refractivity contribution >= 4 is 23.5 Å². The van der Waals surface area contributed by atoms with E-state index in [1.54, 1.807) is 0 Å². The SMILES string of the molecule is CC(C)CCCC(C)C1CCC2C3C(=O)CC4=CC(OC(=O)CCCCCCCC(=O)CCC(=O)O)CCC4(C)C3CCC12C. The molecule has 0 aliphatic heterocycles. The molecule has 3 fully saturated rings. The summed E-state index contributed by atoms with van der Waals surface area (Å²) in [7, 11) is 0. The smallest absolute Gasteiger partial charge is 0.306 e. The average molecular weight is 627 g/mol. The van der Waals surface area contributed by atoms with Crippen LogP contribution in [0.4, 0.5) is 0 Å². The molecule has 0 saturated heterocycles. The maximum Gasteiger partial charge on any atom is 0.306 e. The summed E-state index contributed by atoms with van der Waals surface area (Å²) in [5, 5.41) is 8.67. The van der Waals surface area contributed by atoms with Gasteiger partial charge in [0.25, 0.3) is 0 Å². The molecule has 8 atom stereocenters. The number of unbranched alkanes of at least 4 members (excludes halogenated alkanes) is 4. The van der Waals surface area contributed by atoms with Crippen molar-refractivity contribution in [3.8, 4) is 0 Å². The number of hydrogen-bond donors (Lipinski definition) is 1. The number of fused-ring (bicyclic) bond motifs is 5. The second-order valence-corrected chi connectivity index (χ2v) is 16.3. The molecule has 0 radical (unpaired) electrons. The summed E-state index contributed by atoms with van der Waals surface area (Å²) >= 11 is 0. The van der Waals surface area contributed by atoms with Crippen molar-refractivity contribution in [2.45, 2.75) is 163 Å². The number of aliphatic carboxylic acids is 1. The van der Waals surface area contributed by atoms with Gasteiger partial charge in [0, 0.05) is 31.6 Å². The van der Waals surface area contributed by atoms with Crippen LogP contribution in [0, 0.1) is 46.3 Å². The minimum Gasteiger partial charge on any atom is -0.481 e. The van der Waals surface area contributed by atoms with Crippen LogP contribution in [0.15, 0.2) is 11.6 Å². The number of carboxylic acids is 1. The van der Waals surface area contributed by atoms with Gasteiger partial charge in [0.1, 0.15) is 17.7 Å². The van der Waals surface area contributed by atoms with E-state index in [0.717, 1.165) is 69.1 Å². The van der Waals surface area contributed by atoms with Gasteiger partial charge in [-0.05, 0) is 97.9 Å². The molecule has 45 heavy (non-hydrogen) atoms. The molecule has 254 valence electrons. The summed E-state index contributed by atoms with van der Waals surface area (Å²) < 4.78 is 5.92. The van der Waals surface area contributed by atoms with Gasteiger partial charge < -0.3 is 9.84 Å². The third-order valence-electron chi connectivity index (χ3n) is 12.8. The van der Waals surface area contributed by atoms with Crippen LogP contribution in [0.5, 0.6) is 0 Å². The van der Waals surface area contributed by atoms with Gasteiger partial charge in [-0.3, -0.25) is 19.2 Å². The van der Waals surface area contributed by atoms with Crippen LogP contribution in [0.25, 0.3) is 0 Å². The zero-order valence-electron chi connectivity index (χ0n) is 29.0. The zero-order chi connectivity index (χ0) is 32.8. The number of carbonyl (C=O) groups is 4. The number of esters is 1. The molecule has 3 saturated carbocycles. The van der Waals surface area contributed by atoms with Gasteiger partial charge in [0.05, 0.1) is 6.42 Å². The highest BCUT2D eigenvalue weighted by Crippen LogP contribution is 2.67. The van der Waals surface area contributed by atoms with E-state index in [9.17, 15) is 19.2 Å². The molecule has 0 spiro atoms. The predicted octanol–water partition coefficient (Wildman–Crippen LogP) is 9.28. The molecule has 8 unspecified atom stereocenters. The molecule has 4 rings (SSSR count). The van der Waals surface area contributed by atoms with Crippen LogP contribution in [0.3, 0.4) is 0 Å². The van der Waals surface area contributed by atoms with E-state index in [0.29, 0.717) is 36.9 Å². The summed E-state index contributed by atoms with van der Waals surface area (Å²) in [6.45, 7) is 12.1. The lowest BCUT2D eigenvalue weighted by Gasteiger charge is -2.58. The normalized spacial score (nSPS) is 33.2. The lowest BCUT2D eigenvalue weighted by Crippen LogP contribution is -2.54. The summed E-state index contributed by atoms with van der Waals surface area (Å²) in [5.74, 6) is 2.75. The first-order valence-electron chi connectivity index (χ1n) is 18.5. The van der Waals surface area contributed by atoms with Gasteiger partial charge in [-0.2, -0.15) is 0 Å². The first-order valence-corrected chi connectivity index (χ1v) is 18.5. The van der Waals surface area contributed by atoms with Crippen LogP contribution in [0.2, 0.25) is 0 Å². The first kappa shape index (κ1) is 35.9. The van der Waals surface area contributed by atoms with E-state index in [1.807, 2.05) is 0 Å². The second-order valence-electron chi connectivity index (χ2n) is 16.3. The lowest BCUT2D eigenvalue weighted by molar-refractivity contribution is -0.149. The molecular weight excluding hydrogens is 564 g/mol. The highest BCUT2D eigenvalue weighted by Gasteiger charge is 2.61. The summed E-state index contributed by atoms with van der Waals surface area (Å²) in [5.41, 5.74) is 1.56. The van der Waals surface area contributed by atoms with Gasteiger partial charge >= 0.3 is 11.9 Å². The number of ketones is 2. The molecule has 6 nitrogen and oxygen atoms in total. The Balaban J connectivity index is 1.24. The van der Waals surface area contributed by atoms with E-state index in [1.165, 1.54) is 44.1 Å². The highest BCUT2D eigenvalue weighted by atomic mass is 16.5. The number of allylic oxidation sites excluding steroid dienone is 1. The number of Topliss-reactive ketones (excluding diaryl/α,β-unsaturated/α-hetero) is 2. The Morgan fingerprint density at radius 1 is 0.844 bits per heavy atom. The molecular formula is C39H62O6. The van der Waals surface area contributed by atoms with Gasteiger partial charge in [-0.25, -0.2) is 0 Å². The zero-order valence-corrected chi connectivity index (χ0v) is 29.0. The quantitative estimate of drug-likeness (QED) is 0.0982. The molecule has 0 bridgehead atoms. The monoisotopic (exact) mass is 626 g/mol. The minimum absolute atomic E-state index is 0.0144. The fourth-order valence-corrected chi connectivity index (χ4v) is 10.2. The van der Waals surface area contributed by atoms with E-state index in [4.69, 9.17) is 9.84 Å². The minimum atomic E-state index is -0.930. The largest absolute Gasteiger partial charge is 0.481 e. The summed E-state index contributed by atoms with van der Waals surface area (Å²) in [6.07, 6.45) is 18.3. The summed E-state index contributed by atoms with van der Waals surface area (Å²) in [6, 6.07) is 0. The Bertz CT molecular complexity index is 1090. The highest BCUT2D eigenvalue weighted by molar-refractivity contribution is 5.86. The number of carbonyl (C=O) groups excluding carboxylic acids is 3. The Morgan fingerprint density at radius 2 is 1.56 bits per heavy atom. The van der Waals surface area contributed by atoms with Crippen molar-refractivity contribution in [3.05, 3.63) is 11.6 Å². The van der Waals surface area contributed by atoms with Crippen molar-refractivity contribution in [1.82, 2.24) is 0 Å². The predicted molar refractivity (Wildman–Crippen MR) is 178 cm³/mol. The van der Waals surface area contributed by atoms with Gasteiger partial charge in [-0.15, -0.1) is 0 Å². The fourth-order valence-electron chi connectivity index (χ4n) is 10.2. The van der Waals surface area contributed by atoms with Gasteiger partial charge in [0.15, 0.2) is 0 Å². The standard InChI is InChI=1S/C39H62O6/c1-26(2)12-11-13-27(3)31-17-18-32-37-33(21-23-39(31,32)5)38(4)22-20-30(24-28(38)25-34(37)41)45-36(44)15-10-8-6-7-9-14-29(40)16-19-35(42)43/h24,26-27,30-33,37H,6-23,25H2,1-5H3,(H,42,43). The lowest BCUT2D eigenvalue weighted by atomic mass is 9.46. The van der Waals surface area contributed by atoms with Crippen molar-refractivity contribution in [2.75, 3.05) is 0 Å². The first-order chi connectivity index (χ1) is 21.3. The molecule has 0 amide bonds. The molecule has 0 aromatic rings. The Labute approximate surface area is 272 Å². The fraction of sp³-hybridized carbons (Fsp3) is 0.846. The summed E-state index contributed by atoms with van der Waals surface area (Å²) in [4.78, 5) is 48.9. The molecule has 6 heteroatoms. The molecule has 4 aliphatic carbocycles. The van der Waals surface area contributed by atoms with Crippen molar-refractivity contribution in [3.63, 3.8) is 0 Å². The molecule has 0 heterocycles. The van der Waals surface area contributed by atoms with Crippen LogP contribution in [-0.2, 0) is 23.9 Å². The van der Waals surface area contributed by atoms with Crippen molar-refractivity contribution in [2.24, 2.45) is 46.3 Å². The topological polar surface area (TPSA) is 97.7 Å². The maximum absolute atomic E-state index is 13.9. The van der Waals surface area contributed by atoms with Gasteiger partial charge in [-0.1, -0.05) is 78.7 Å². The second kappa shape index (κ2) is 15.7. The number of rotatable bonds is 17. The van der Waals surface area contributed by atoms with Crippen molar-refractivity contribution in [1.29, 1.82) is 0 Å². The Morgan fingerprint density at radius 3 is 2.27 bits per heavy atom. The third-order valence-corrected chi connectivity index (χ3v) is 12.8. The molecule has 4 aliphatic rings. The molecule has 0 aromatic carbocycles. The molecule has 1 N–H and O–H groups in total. The van der Waals surface area contributed by atoms with E-state index < -0.39 is 5.97 Å². The van der Waals surface area contributed by atoms with Crippen LogP contribution < -0.4 is 0 Å².